The number of anilines is 1. The molecule has 116 valence electrons. The van der Waals surface area contributed by atoms with Crippen LogP contribution < -0.4 is 4.90 Å². The molecular weight excluding hydrogens is 298 g/mol. The lowest BCUT2D eigenvalue weighted by Gasteiger charge is -2.16. The van der Waals surface area contributed by atoms with Gasteiger partial charge in [-0.3, -0.25) is 4.79 Å². The second-order valence-corrected chi connectivity index (χ2v) is 6.69. The summed E-state index contributed by atoms with van der Waals surface area (Å²) in [4.78, 5) is 14.3. The number of rotatable bonds is 5. The summed E-state index contributed by atoms with van der Waals surface area (Å²) in [7, 11) is 0. The van der Waals surface area contributed by atoms with Crippen LogP contribution in [0.3, 0.4) is 0 Å². The van der Waals surface area contributed by atoms with Crippen LogP contribution in [0, 0.1) is 5.92 Å². The number of fused-ring (bicyclic) bond motifs is 1. The van der Waals surface area contributed by atoms with Gasteiger partial charge in [0.2, 0.25) is 11.1 Å². The molecule has 3 rings (SSSR count). The molecule has 0 bridgehead atoms. The van der Waals surface area contributed by atoms with Gasteiger partial charge in [-0.1, -0.05) is 43.8 Å². The van der Waals surface area contributed by atoms with E-state index < -0.39 is 0 Å². The first kappa shape index (κ1) is 15.0. The maximum absolute atomic E-state index is 12.5. The average molecular weight is 317 g/mol. The van der Waals surface area contributed by atoms with Crippen molar-refractivity contribution in [3.63, 3.8) is 0 Å². The van der Waals surface area contributed by atoms with Gasteiger partial charge in [0.15, 0.2) is 0 Å². The van der Waals surface area contributed by atoms with Gasteiger partial charge in [-0.05, 0) is 34.4 Å². The number of amides is 1. The Morgan fingerprint density at radius 3 is 3.00 bits per heavy atom. The van der Waals surface area contributed by atoms with E-state index in [-0.39, 0.29) is 5.91 Å². The lowest BCUT2D eigenvalue weighted by Crippen LogP contribution is -2.30. The predicted molar refractivity (Wildman–Crippen MR) is 85.9 cm³/mol. The highest BCUT2D eigenvalue weighted by atomic mass is 32.2. The van der Waals surface area contributed by atoms with Crippen LogP contribution in [0.5, 0.6) is 0 Å². The maximum atomic E-state index is 12.5. The van der Waals surface area contributed by atoms with E-state index in [9.17, 15) is 4.79 Å². The molecule has 0 fully saturated rings. The van der Waals surface area contributed by atoms with Crippen molar-refractivity contribution in [2.75, 3.05) is 17.2 Å². The smallest absolute Gasteiger partial charge is 0.237 e. The summed E-state index contributed by atoms with van der Waals surface area (Å²) in [6.45, 7) is 5.75. The van der Waals surface area contributed by atoms with E-state index in [2.05, 4.69) is 35.4 Å². The van der Waals surface area contributed by atoms with Gasteiger partial charge in [-0.15, -0.1) is 5.10 Å². The molecule has 1 aromatic heterocycles. The molecular formula is C15H19N5OS. The van der Waals surface area contributed by atoms with Crippen molar-refractivity contribution in [1.29, 1.82) is 0 Å². The Labute approximate surface area is 133 Å². The topological polar surface area (TPSA) is 63.9 Å². The zero-order valence-electron chi connectivity index (χ0n) is 12.8. The summed E-state index contributed by atoms with van der Waals surface area (Å²) >= 11 is 1.40. The molecule has 1 aliphatic rings. The van der Waals surface area contributed by atoms with Crippen LogP contribution in [-0.4, -0.2) is 38.4 Å². The Balaban J connectivity index is 1.63. The van der Waals surface area contributed by atoms with E-state index in [1.165, 1.54) is 17.3 Å². The number of aromatic nitrogens is 4. The highest BCUT2D eigenvalue weighted by molar-refractivity contribution is 7.99. The van der Waals surface area contributed by atoms with E-state index >= 15 is 0 Å². The minimum Gasteiger partial charge on any atom is -0.311 e. The summed E-state index contributed by atoms with van der Waals surface area (Å²) in [5.41, 5.74) is 2.28. The van der Waals surface area contributed by atoms with Crippen LogP contribution in [0.4, 0.5) is 5.69 Å². The minimum atomic E-state index is 0.106. The van der Waals surface area contributed by atoms with Gasteiger partial charge in [0.1, 0.15) is 0 Å². The number of benzene rings is 1. The second-order valence-electron chi connectivity index (χ2n) is 5.75. The summed E-state index contributed by atoms with van der Waals surface area (Å²) in [6, 6.07) is 8.08. The number of carbonyl (C=O) groups excluding carboxylic acids is 1. The van der Waals surface area contributed by atoms with E-state index in [1.54, 1.807) is 4.68 Å². The van der Waals surface area contributed by atoms with Gasteiger partial charge in [0, 0.05) is 18.8 Å². The summed E-state index contributed by atoms with van der Waals surface area (Å²) in [5.74, 6) is 0.922. The molecule has 0 aliphatic carbocycles. The largest absolute Gasteiger partial charge is 0.311 e. The summed E-state index contributed by atoms with van der Waals surface area (Å²) in [5, 5.41) is 12.4. The average Bonchev–Trinajstić information content (AvgIpc) is 3.11. The van der Waals surface area contributed by atoms with Gasteiger partial charge >= 0.3 is 0 Å². The molecule has 2 aromatic rings. The Morgan fingerprint density at radius 2 is 2.18 bits per heavy atom. The fourth-order valence-electron chi connectivity index (χ4n) is 2.56. The van der Waals surface area contributed by atoms with Crippen LogP contribution in [0.15, 0.2) is 29.4 Å². The van der Waals surface area contributed by atoms with Gasteiger partial charge in [0.25, 0.3) is 0 Å². The molecule has 7 heteroatoms. The Morgan fingerprint density at radius 1 is 1.36 bits per heavy atom. The Hall–Kier alpha value is -1.89. The van der Waals surface area contributed by atoms with Crippen molar-refractivity contribution in [2.24, 2.45) is 5.92 Å². The molecule has 0 spiro atoms. The van der Waals surface area contributed by atoms with Crippen LogP contribution in [0.2, 0.25) is 0 Å². The number of carbonyl (C=O) groups is 1. The third kappa shape index (κ3) is 3.14. The molecule has 0 radical (unpaired) electrons. The first-order valence-electron chi connectivity index (χ1n) is 7.42. The Bertz CT molecular complexity index is 669. The number of thioether (sulfide) groups is 1. The molecule has 1 amide bonds. The quantitative estimate of drug-likeness (QED) is 0.789. The first-order valence-corrected chi connectivity index (χ1v) is 8.41. The number of hydrogen-bond donors (Lipinski definition) is 0. The van der Waals surface area contributed by atoms with Crippen molar-refractivity contribution in [2.45, 2.75) is 32.0 Å². The van der Waals surface area contributed by atoms with Crippen LogP contribution in [0.25, 0.3) is 0 Å². The number of hydrogen-bond acceptors (Lipinski definition) is 5. The van der Waals surface area contributed by atoms with Gasteiger partial charge in [0.05, 0.1) is 5.75 Å². The zero-order valence-corrected chi connectivity index (χ0v) is 13.6. The molecule has 1 aromatic carbocycles. The van der Waals surface area contributed by atoms with Crippen molar-refractivity contribution in [1.82, 2.24) is 20.2 Å². The van der Waals surface area contributed by atoms with Crippen LogP contribution in [-0.2, 0) is 17.8 Å². The lowest BCUT2D eigenvalue weighted by atomic mass is 10.2. The van der Waals surface area contributed by atoms with Gasteiger partial charge in [-0.25, -0.2) is 4.68 Å². The normalized spacial score (nSPS) is 13.7. The van der Waals surface area contributed by atoms with Crippen molar-refractivity contribution in [3.05, 3.63) is 29.8 Å². The lowest BCUT2D eigenvalue weighted by molar-refractivity contribution is -0.116. The molecule has 0 saturated heterocycles. The van der Waals surface area contributed by atoms with E-state index in [1.807, 2.05) is 23.1 Å². The van der Waals surface area contributed by atoms with Crippen molar-refractivity contribution in [3.8, 4) is 0 Å². The minimum absolute atomic E-state index is 0.106. The summed E-state index contributed by atoms with van der Waals surface area (Å²) < 4.78 is 1.76. The third-order valence-corrected chi connectivity index (χ3v) is 4.49. The molecule has 1 aliphatic heterocycles. The second kappa shape index (κ2) is 6.48. The fraction of sp³-hybridized carbons (Fsp3) is 0.467. The maximum Gasteiger partial charge on any atom is 0.237 e. The van der Waals surface area contributed by atoms with E-state index in [4.69, 9.17) is 0 Å². The number of nitrogens with zero attached hydrogens (tertiary/aromatic N) is 5. The standard InChI is InChI=1S/C15H19N5OS/c1-11(2)9-20-15(16-17-18-20)22-10-14(21)19-8-7-12-5-3-4-6-13(12)19/h3-6,11H,7-10H2,1-2H3. The summed E-state index contributed by atoms with van der Waals surface area (Å²) in [6.07, 6.45) is 0.928. The van der Waals surface area contributed by atoms with Gasteiger partial charge in [-0.2, -0.15) is 0 Å². The van der Waals surface area contributed by atoms with Gasteiger partial charge < -0.3 is 4.90 Å². The molecule has 6 nitrogen and oxygen atoms in total. The molecule has 0 atom stereocenters. The fourth-order valence-corrected chi connectivity index (χ4v) is 3.32. The Kier molecular flexibility index (Phi) is 4.42. The first-order chi connectivity index (χ1) is 10.6. The van der Waals surface area contributed by atoms with E-state index in [0.717, 1.165) is 25.2 Å². The SMILES string of the molecule is CC(C)Cn1nnnc1SCC(=O)N1CCc2ccccc21. The van der Waals surface area contributed by atoms with Crippen LogP contribution in [0.1, 0.15) is 19.4 Å². The van der Waals surface area contributed by atoms with Crippen LogP contribution >= 0.6 is 11.8 Å². The number of tetrazole rings is 1. The monoisotopic (exact) mass is 317 g/mol. The predicted octanol–water partition coefficient (Wildman–Crippen LogP) is 2.01. The highest BCUT2D eigenvalue weighted by Crippen LogP contribution is 2.28. The molecule has 2 heterocycles. The van der Waals surface area contributed by atoms with E-state index in [0.29, 0.717) is 16.8 Å². The molecule has 0 N–H and O–H groups in total. The zero-order chi connectivity index (χ0) is 15.5. The van der Waals surface area contributed by atoms with Crippen molar-refractivity contribution >= 4 is 23.4 Å². The van der Waals surface area contributed by atoms with Crippen molar-refractivity contribution < 1.29 is 4.79 Å². The third-order valence-electron chi connectivity index (χ3n) is 3.55. The molecule has 22 heavy (non-hydrogen) atoms. The highest BCUT2D eigenvalue weighted by Gasteiger charge is 2.24. The molecule has 0 unspecified atom stereocenters. The molecule has 0 saturated carbocycles. The number of para-hydroxylation sites is 1.